The minimum atomic E-state index is -2.85. The zero-order valence-electron chi connectivity index (χ0n) is 7.06. The van der Waals surface area contributed by atoms with Crippen molar-refractivity contribution >= 4 is 0 Å². The molecule has 1 nitrogen and oxygen atoms in total. The second-order valence-corrected chi connectivity index (χ2v) is 3.37. The van der Waals surface area contributed by atoms with Crippen LogP contribution >= 0.6 is 0 Å². The lowest BCUT2D eigenvalue weighted by Gasteiger charge is -2.25. The standard InChI is InChI=1S/C10H10F2O/c11-10(12)6-2-4-7-3-1-5-8(13)9(7)10/h1,3,5,13H,2,4,6H2. The number of phenols is 1. The number of alkyl halides is 2. The van der Waals surface area contributed by atoms with Crippen molar-refractivity contribution < 1.29 is 13.9 Å². The highest BCUT2D eigenvalue weighted by Gasteiger charge is 2.38. The maximum absolute atomic E-state index is 13.3. The molecule has 0 unspecified atom stereocenters. The van der Waals surface area contributed by atoms with Crippen molar-refractivity contribution in [1.82, 2.24) is 0 Å². The zero-order chi connectivity index (χ0) is 9.47. The Kier molecular flexibility index (Phi) is 1.75. The summed E-state index contributed by atoms with van der Waals surface area (Å²) in [7, 11) is 0. The fourth-order valence-electron chi connectivity index (χ4n) is 1.84. The second kappa shape index (κ2) is 2.69. The molecule has 0 radical (unpaired) electrons. The van der Waals surface area contributed by atoms with E-state index >= 15 is 0 Å². The van der Waals surface area contributed by atoms with Crippen LogP contribution in [0.1, 0.15) is 24.0 Å². The third kappa shape index (κ3) is 1.28. The van der Waals surface area contributed by atoms with Gasteiger partial charge in [-0.25, -0.2) is 8.78 Å². The first kappa shape index (κ1) is 8.48. The molecule has 0 atom stereocenters. The van der Waals surface area contributed by atoms with Gasteiger partial charge in [0, 0.05) is 6.42 Å². The number of fused-ring (bicyclic) bond motifs is 1. The summed E-state index contributed by atoms with van der Waals surface area (Å²) in [6, 6.07) is 4.58. The van der Waals surface area contributed by atoms with Gasteiger partial charge in [-0.15, -0.1) is 0 Å². The van der Waals surface area contributed by atoms with Gasteiger partial charge in [0.05, 0.1) is 5.56 Å². The lowest BCUT2D eigenvalue weighted by atomic mass is 9.88. The number of hydrogen-bond donors (Lipinski definition) is 1. The summed E-state index contributed by atoms with van der Waals surface area (Å²) in [5.41, 5.74) is 0.414. The Morgan fingerprint density at radius 2 is 2.08 bits per heavy atom. The summed E-state index contributed by atoms with van der Waals surface area (Å²) in [5, 5.41) is 9.31. The van der Waals surface area contributed by atoms with E-state index in [1.807, 2.05) is 0 Å². The van der Waals surface area contributed by atoms with Gasteiger partial charge < -0.3 is 5.11 Å². The van der Waals surface area contributed by atoms with E-state index in [9.17, 15) is 13.9 Å². The van der Waals surface area contributed by atoms with Crippen LogP contribution in [0.5, 0.6) is 5.75 Å². The van der Waals surface area contributed by atoms with Crippen molar-refractivity contribution in [2.24, 2.45) is 0 Å². The molecule has 1 aliphatic rings. The Bertz CT molecular complexity index is 334. The highest BCUT2D eigenvalue weighted by atomic mass is 19.3. The molecule has 1 aromatic rings. The summed E-state index contributed by atoms with van der Waals surface area (Å²) in [4.78, 5) is 0. The van der Waals surface area contributed by atoms with Crippen molar-refractivity contribution in [3.63, 3.8) is 0 Å². The van der Waals surface area contributed by atoms with Crippen LogP contribution in [-0.4, -0.2) is 5.11 Å². The molecule has 1 N–H and O–H groups in total. The van der Waals surface area contributed by atoms with Crippen LogP contribution in [0.4, 0.5) is 8.78 Å². The third-order valence-electron chi connectivity index (χ3n) is 2.43. The van der Waals surface area contributed by atoms with Gasteiger partial charge in [-0.1, -0.05) is 12.1 Å². The summed E-state index contributed by atoms with van der Waals surface area (Å²) in [6.07, 6.45) is 0.973. The van der Waals surface area contributed by atoms with Gasteiger partial charge in [0.2, 0.25) is 0 Å². The number of phenolic OH excluding ortho intramolecular Hbond substituents is 1. The fraction of sp³-hybridized carbons (Fsp3) is 0.400. The van der Waals surface area contributed by atoms with E-state index in [0.717, 1.165) is 0 Å². The molecule has 70 valence electrons. The van der Waals surface area contributed by atoms with Crippen molar-refractivity contribution in [2.75, 3.05) is 0 Å². The normalized spacial score (nSPS) is 19.5. The molecule has 3 heteroatoms. The van der Waals surface area contributed by atoms with Gasteiger partial charge in [-0.05, 0) is 24.5 Å². The number of halogens is 2. The van der Waals surface area contributed by atoms with Crippen molar-refractivity contribution in [3.05, 3.63) is 29.3 Å². The monoisotopic (exact) mass is 184 g/mol. The molecular weight excluding hydrogens is 174 g/mol. The maximum Gasteiger partial charge on any atom is 0.277 e. The second-order valence-electron chi connectivity index (χ2n) is 3.37. The SMILES string of the molecule is Oc1cccc2c1C(F)(F)CCC2. The fourth-order valence-corrected chi connectivity index (χ4v) is 1.84. The van der Waals surface area contributed by atoms with Crippen LogP contribution in [0.2, 0.25) is 0 Å². The lowest BCUT2D eigenvalue weighted by molar-refractivity contribution is -0.0237. The average Bonchev–Trinajstić information content (AvgIpc) is 2.02. The first-order chi connectivity index (χ1) is 6.11. The molecule has 0 saturated carbocycles. The predicted octanol–water partition coefficient (Wildman–Crippen LogP) is 2.82. The van der Waals surface area contributed by atoms with Gasteiger partial charge in [-0.3, -0.25) is 0 Å². The first-order valence-electron chi connectivity index (χ1n) is 4.30. The van der Waals surface area contributed by atoms with Crippen molar-refractivity contribution in [1.29, 1.82) is 0 Å². The van der Waals surface area contributed by atoms with E-state index in [1.165, 1.54) is 6.07 Å². The lowest BCUT2D eigenvalue weighted by Crippen LogP contribution is -2.20. The largest absolute Gasteiger partial charge is 0.507 e. The maximum atomic E-state index is 13.3. The van der Waals surface area contributed by atoms with Crippen LogP contribution in [0.25, 0.3) is 0 Å². The average molecular weight is 184 g/mol. The van der Waals surface area contributed by atoms with Crippen LogP contribution in [-0.2, 0) is 12.3 Å². The van der Waals surface area contributed by atoms with E-state index < -0.39 is 5.92 Å². The Labute approximate surface area is 75.0 Å². The number of aromatic hydroxyl groups is 1. The van der Waals surface area contributed by atoms with Gasteiger partial charge >= 0.3 is 0 Å². The zero-order valence-corrected chi connectivity index (χ0v) is 7.06. The molecular formula is C10H10F2O. The Morgan fingerprint density at radius 1 is 1.31 bits per heavy atom. The van der Waals surface area contributed by atoms with Gasteiger partial charge in [0.25, 0.3) is 5.92 Å². The Morgan fingerprint density at radius 3 is 2.77 bits per heavy atom. The van der Waals surface area contributed by atoms with Crippen LogP contribution < -0.4 is 0 Å². The molecule has 0 aliphatic heterocycles. The summed E-state index contributed by atoms with van der Waals surface area (Å²) in [5.74, 6) is -3.12. The van der Waals surface area contributed by atoms with E-state index in [4.69, 9.17) is 0 Å². The predicted molar refractivity (Wildman–Crippen MR) is 44.9 cm³/mol. The third-order valence-corrected chi connectivity index (χ3v) is 2.43. The first-order valence-corrected chi connectivity index (χ1v) is 4.30. The topological polar surface area (TPSA) is 20.2 Å². The van der Waals surface area contributed by atoms with Crippen molar-refractivity contribution in [2.45, 2.75) is 25.2 Å². The highest BCUT2D eigenvalue weighted by Crippen LogP contribution is 2.44. The molecule has 2 rings (SSSR count). The molecule has 0 saturated heterocycles. The molecule has 1 aliphatic carbocycles. The molecule has 13 heavy (non-hydrogen) atoms. The van der Waals surface area contributed by atoms with Gasteiger partial charge in [0.15, 0.2) is 0 Å². The molecule has 0 spiro atoms. The van der Waals surface area contributed by atoms with Crippen LogP contribution in [0.3, 0.4) is 0 Å². The molecule has 0 fully saturated rings. The van der Waals surface area contributed by atoms with Gasteiger partial charge in [0.1, 0.15) is 5.75 Å². The number of rotatable bonds is 0. The molecule has 1 aromatic carbocycles. The Hall–Kier alpha value is -1.12. The molecule has 0 amide bonds. The van der Waals surface area contributed by atoms with Gasteiger partial charge in [-0.2, -0.15) is 0 Å². The van der Waals surface area contributed by atoms with Crippen molar-refractivity contribution in [3.8, 4) is 5.75 Å². The summed E-state index contributed by atoms with van der Waals surface area (Å²) < 4.78 is 26.6. The number of aryl methyl sites for hydroxylation is 1. The van der Waals surface area contributed by atoms with E-state index in [0.29, 0.717) is 18.4 Å². The number of benzene rings is 1. The molecule has 0 bridgehead atoms. The minimum absolute atomic E-state index is 0.155. The molecule has 0 aromatic heterocycles. The minimum Gasteiger partial charge on any atom is -0.507 e. The van der Waals surface area contributed by atoms with E-state index in [2.05, 4.69) is 0 Å². The Balaban J connectivity index is 2.61. The van der Waals surface area contributed by atoms with E-state index in [1.54, 1.807) is 12.1 Å². The summed E-state index contributed by atoms with van der Waals surface area (Å²) >= 11 is 0. The smallest absolute Gasteiger partial charge is 0.277 e. The van der Waals surface area contributed by atoms with Crippen LogP contribution in [0, 0.1) is 0 Å². The van der Waals surface area contributed by atoms with Crippen LogP contribution in [0.15, 0.2) is 18.2 Å². The highest BCUT2D eigenvalue weighted by molar-refractivity contribution is 5.43. The quantitative estimate of drug-likeness (QED) is 0.657. The molecule has 0 heterocycles. The van der Waals surface area contributed by atoms with E-state index in [-0.39, 0.29) is 17.7 Å². The number of hydrogen-bond acceptors (Lipinski definition) is 1. The summed E-state index contributed by atoms with van der Waals surface area (Å²) in [6.45, 7) is 0.